The van der Waals surface area contributed by atoms with E-state index in [1.54, 1.807) is 24.3 Å². The lowest BCUT2D eigenvalue weighted by molar-refractivity contribution is 0.102. The van der Waals surface area contributed by atoms with Gasteiger partial charge in [0.15, 0.2) is 5.69 Å². The highest BCUT2D eigenvalue weighted by Gasteiger charge is 2.16. The Morgan fingerprint density at radius 3 is 2.58 bits per heavy atom. The van der Waals surface area contributed by atoms with Crippen molar-refractivity contribution in [1.82, 2.24) is 10.2 Å². The zero-order chi connectivity index (χ0) is 18.1. The van der Waals surface area contributed by atoms with E-state index in [2.05, 4.69) is 26.5 Å². The van der Waals surface area contributed by atoms with Gasteiger partial charge in [0.05, 0.1) is 5.39 Å². The monoisotopic (exact) mass is 348 g/mol. The van der Waals surface area contributed by atoms with Crippen molar-refractivity contribution < 1.29 is 4.79 Å². The van der Waals surface area contributed by atoms with Crippen molar-refractivity contribution in [1.29, 1.82) is 0 Å². The van der Waals surface area contributed by atoms with Crippen LogP contribution in [0.15, 0.2) is 47.3 Å². The number of hydrogen-bond acceptors (Lipinski definition) is 4. The average Bonchev–Trinajstić information content (AvgIpc) is 3.18. The number of rotatable bonds is 3. The summed E-state index contributed by atoms with van der Waals surface area (Å²) in [6, 6.07) is 13.0. The molecule has 2 aromatic carbocycles. The number of aromatic amines is 1. The summed E-state index contributed by atoms with van der Waals surface area (Å²) < 4.78 is 0. The van der Waals surface area contributed by atoms with Gasteiger partial charge in [0, 0.05) is 29.9 Å². The number of amides is 1. The Morgan fingerprint density at radius 2 is 1.85 bits per heavy atom. The molecule has 1 saturated heterocycles. The number of carbonyl (C=O) groups is 1. The third-order valence-electron chi connectivity index (χ3n) is 4.84. The van der Waals surface area contributed by atoms with E-state index in [1.807, 2.05) is 19.1 Å². The average molecular weight is 348 g/mol. The van der Waals surface area contributed by atoms with Crippen LogP contribution in [0.3, 0.4) is 0 Å². The molecule has 0 atom stereocenters. The SMILES string of the molecule is Cc1cc(N2CCCC2)ccc1NC(=O)c1n[nH]c(=O)c2ccccc12. The maximum atomic E-state index is 12.7. The number of anilines is 2. The first kappa shape index (κ1) is 16.3. The maximum absolute atomic E-state index is 12.7. The summed E-state index contributed by atoms with van der Waals surface area (Å²) in [5, 5.41) is 10.3. The van der Waals surface area contributed by atoms with Gasteiger partial charge < -0.3 is 10.2 Å². The molecule has 0 aliphatic carbocycles. The molecule has 0 bridgehead atoms. The molecule has 1 aliphatic heterocycles. The van der Waals surface area contributed by atoms with Gasteiger partial charge in [-0.1, -0.05) is 18.2 Å². The Hall–Kier alpha value is -3.15. The van der Waals surface area contributed by atoms with E-state index >= 15 is 0 Å². The number of aromatic nitrogens is 2. The number of aryl methyl sites for hydroxylation is 1. The molecule has 1 amide bonds. The second kappa shape index (κ2) is 6.63. The molecule has 0 radical (unpaired) electrons. The summed E-state index contributed by atoms with van der Waals surface area (Å²) in [6.07, 6.45) is 2.45. The first-order valence-corrected chi connectivity index (χ1v) is 8.78. The minimum absolute atomic E-state index is 0.211. The lowest BCUT2D eigenvalue weighted by Gasteiger charge is -2.19. The van der Waals surface area contributed by atoms with Crippen LogP contribution >= 0.6 is 0 Å². The van der Waals surface area contributed by atoms with Gasteiger partial charge in [0.2, 0.25) is 0 Å². The molecular weight excluding hydrogens is 328 g/mol. The van der Waals surface area contributed by atoms with E-state index in [9.17, 15) is 9.59 Å². The van der Waals surface area contributed by atoms with E-state index in [-0.39, 0.29) is 17.2 Å². The quantitative estimate of drug-likeness (QED) is 0.762. The fourth-order valence-corrected chi connectivity index (χ4v) is 3.43. The van der Waals surface area contributed by atoms with Crippen molar-refractivity contribution in [3.05, 3.63) is 64.1 Å². The van der Waals surface area contributed by atoms with Crippen molar-refractivity contribution in [2.24, 2.45) is 0 Å². The molecule has 2 N–H and O–H groups in total. The second-order valence-electron chi connectivity index (χ2n) is 6.59. The molecule has 1 aliphatic rings. The minimum atomic E-state index is -0.338. The number of benzene rings is 2. The predicted octanol–water partition coefficient (Wildman–Crippen LogP) is 3.08. The van der Waals surface area contributed by atoms with Crippen molar-refractivity contribution >= 4 is 28.1 Å². The number of hydrogen-bond donors (Lipinski definition) is 2. The van der Waals surface area contributed by atoms with Gasteiger partial charge in [0.1, 0.15) is 0 Å². The van der Waals surface area contributed by atoms with Crippen LogP contribution in [0.2, 0.25) is 0 Å². The molecule has 0 saturated carbocycles. The lowest BCUT2D eigenvalue weighted by Crippen LogP contribution is -2.20. The molecule has 0 unspecified atom stereocenters. The summed E-state index contributed by atoms with van der Waals surface area (Å²) in [4.78, 5) is 27.0. The zero-order valence-electron chi connectivity index (χ0n) is 14.6. The number of nitrogens with zero attached hydrogens (tertiary/aromatic N) is 2. The standard InChI is InChI=1S/C20H20N4O2/c1-13-12-14(24-10-4-5-11-24)8-9-17(13)21-20(26)18-15-6-2-3-7-16(15)19(25)23-22-18/h2-3,6-9,12H,4-5,10-11H2,1H3,(H,21,26)(H,23,25). The van der Waals surface area contributed by atoms with Gasteiger partial charge in [-0.05, 0) is 49.6 Å². The number of fused-ring (bicyclic) bond motifs is 1. The maximum Gasteiger partial charge on any atom is 0.276 e. The molecule has 3 aromatic rings. The van der Waals surface area contributed by atoms with Gasteiger partial charge in [-0.2, -0.15) is 5.10 Å². The summed E-state index contributed by atoms with van der Waals surface area (Å²) in [6.45, 7) is 4.14. The highest BCUT2D eigenvalue weighted by molar-refractivity contribution is 6.11. The van der Waals surface area contributed by atoms with Crippen LogP contribution in [0.25, 0.3) is 10.8 Å². The van der Waals surface area contributed by atoms with Crippen LogP contribution in [0.1, 0.15) is 28.9 Å². The molecule has 1 fully saturated rings. The molecule has 132 valence electrons. The van der Waals surface area contributed by atoms with E-state index in [0.29, 0.717) is 10.8 Å². The Bertz CT molecular complexity index is 1040. The van der Waals surface area contributed by atoms with Gasteiger partial charge >= 0.3 is 0 Å². The molecule has 26 heavy (non-hydrogen) atoms. The van der Waals surface area contributed by atoms with Crippen molar-refractivity contribution in [3.63, 3.8) is 0 Å². The predicted molar refractivity (Wildman–Crippen MR) is 103 cm³/mol. The van der Waals surface area contributed by atoms with Crippen LogP contribution in [-0.2, 0) is 0 Å². The molecule has 4 rings (SSSR count). The molecule has 0 spiro atoms. The Morgan fingerprint density at radius 1 is 1.12 bits per heavy atom. The van der Waals surface area contributed by atoms with Crippen molar-refractivity contribution in [2.75, 3.05) is 23.3 Å². The summed E-state index contributed by atoms with van der Waals surface area (Å²) in [5.74, 6) is -0.338. The fourth-order valence-electron chi connectivity index (χ4n) is 3.43. The largest absolute Gasteiger partial charge is 0.372 e. The number of carbonyl (C=O) groups excluding carboxylic acids is 1. The van der Waals surface area contributed by atoms with Gasteiger partial charge in [-0.3, -0.25) is 9.59 Å². The van der Waals surface area contributed by atoms with Crippen LogP contribution in [-0.4, -0.2) is 29.2 Å². The van der Waals surface area contributed by atoms with Crippen molar-refractivity contribution in [3.8, 4) is 0 Å². The Balaban J connectivity index is 1.63. The third kappa shape index (κ3) is 2.94. The normalized spacial score (nSPS) is 14.0. The summed E-state index contributed by atoms with van der Waals surface area (Å²) in [5.41, 5.74) is 2.84. The van der Waals surface area contributed by atoms with Crippen LogP contribution in [0.4, 0.5) is 11.4 Å². The summed E-state index contributed by atoms with van der Waals surface area (Å²) in [7, 11) is 0. The van der Waals surface area contributed by atoms with Crippen LogP contribution in [0.5, 0.6) is 0 Å². The molecule has 2 heterocycles. The van der Waals surface area contributed by atoms with Crippen LogP contribution < -0.4 is 15.8 Å². The fraction of sp³-hybridized carbons (Fsp3) is 0.250. The van der Waals surface area contributed by atoms with Gasteiger partial charge in [-0.15, -0.1) is 0 Å². The van der Waals surface area contributed by atoms with Gasteiger partial charge in [0.25, 0.3) is 11.5 Å². The highest BCUT2D eigenvalue weighted by Crippen LogP contribution is 2.26. The zero-order valence-corrected chi connectivity index (χ0v) is 14.6. The Labute approximate surface area is 150 Å². The second-order valence-corrected chi connectivity index (χ2v) is 6.59. The Kier molecular flexibility index (Phi) is 4.16. The molecule has 1 aromatic heterocycles. The van der Waals surface area contributed by atoms with E-state index in [0.717, 1.165) is 24.3 Å². The van der Waals surface area contributed by atoms with Gasteiger partial charge in [-0.25, -0.2) is 5.10 Å². The lowest BCUT2D eigenvalue weighted by atomic mass is 10.1. The van der Waals surface area contributed by atoms with E-state index in [4.69, 9.17) is 0 Å². The van der Waals surface area contributed by atoms with Crippen molar-refractivity contribution in [2.45, 2.75) is 19.8 Å². The first-order valence-electron chi connectivity index (χ1n) is 8.78. The smallest absolute Gasteiger partial charge is 0.276 e. The topological polar surface area (TPSA) is 78.1 Å². The first-order chi connectivity index (χ1) is 12.6. The minimum Gasteiger partial charge on any atom is -0.372 e. The number of H-pyrrole nitrogens is 1. The molecule has 6 nitrogen and oxygen atoms in total. The van der Waals surface area contributed by atoms with Crippen LogP contribution in [0, 0.1) is 6.92 Å². The van der Waals surface area contributed by atoms with E-state index < -0.39 is 0 Å². The summed E-state index contributed by atoms with van der Waals surface area (Å²) >= 11 is 0. The molecule has 6 heteroatoms. The van der Waals surface area contributed by atoms with E-state index in [1.165, 1.54) is 18.5 Å². The third-order valence-corrected chi connectivity index (χ3v) is 4.84. The molecular formula is C20H20N4O2. The number of nitrogens with one attached hydrogen (secondary N) is 2. The highest BCUT2D eigenvalue weighted by atomic mass is 16.2.